The van der Waals surface area contributed by atoms with Gasteiger partial charge in [-0.05, 0) is 0 Å². The van der Waals surface area contributed by atoms with Crippen molar-refractivity contribution < 1.29 is 4.74 Å². The Morgan fingerprint density at radius 2 is 2.45 bits per heavy atom. The number of hydrogen-bond acceptors (Lipinski definition) is 3. The Morgan fingerprint density at radius 1 is 1.64 bits per heavy atom. The summed E-state index contributed by atoms with van der Waals surface area (Å²) < 4.78 is 5.06. The molecule has 58 valence electrons. The topological polar surface area (TPSA) is 35.0 Å². The molecule has 1 rings (SSSR count). The van der Waals surface area contributed by atoms with Crippen LogP contribution >= 0.6 is 11.6 Å². The number of aromatic nitrogens is 2. The molecule has 3 nitrogen and oxygen atoms in total. The van der Waals surface area contributed by atoms with E-state index in [9.17, 15) is 0 Å². The minimum Gasteiger partial charge on any atom is -0.472 e. The maximum absolute atomic E-state index is 5.54. The lowest BCUT2D eigenvalue weighted by molar-refractivity contribution is 0.347. The maximum Gasteiger partial charge on any atom is 0.234 e. The molecule has 0 saturated carbocycles. The highest BCUT2D eigenvalue weighted by molar-refractivity contribution is 6.29. The Kier molecular flexibility index (Phi) is 2.86. The Labute approximate surface area is 69.7 Å². The van der Waals surface area contributed by atoms with Crippen LogP contribution < -0.4 is 4.74 Å². The van der Waals surface area contributed by atoms with Crippen molar-refractivity contribution in [3.8, 4) is 5.88 Å². The van der Waals surface area contributed by atoms with Gasteiger partial charge in [0.25, 0.3) is 0 Å². The number of hydrogen-bond donors (Lipinski definition) is 0. The first-order valence-electron chi connectivity index (χ1n) is 3.04. The van der Waals surface area contributed by atoms with E-state index in [2.05, 4.69) is 16.5 Å². The molecule has 0 unspecified atom stereocenters. The highest BCUT2D eigenvalue weighted by Crippen LogP contribution is 2.08. The minimum atomic E-state index is 0.326. The third-order valence-corrected chi connectivity index (χ3v) is 1.11. The molecule has 1 aromatic heterocycles. The normalized spacial score (nSPS) is 9.18. The second-order valence-corrected chi connectivity index (χ2v) is 2.17. The molecule has 0 atom stereocenters. The summed E-state index contributed by atoms with van der Waals surface area (Å²) in [6, 6.07) is 0. The van der Waals surface area contributed by atoms with Gasteiger partial charge in [-0.1, -0.05) is 24.3 Å². The smallest absolute Gasteiger partial charge is 0.234 e. The lowest BCUT2D eigenvalue weighted by Gasteiger charge is -1.99. The third-order valence-electron chi connectivity index (χ3n) is 0.932. The van der Waals surface area contributed by atoms with Gasteiger partial charge in [-0.15, -0.1) is 0 Å². The van der Waals surface area contributed by atoms with E-state index in [4.69, 9.17) is 16.3 Å². The van der Waals surface area contributed by atoms with Gasteiger partial charge in [0.2, 0.25) is 5.88 Å². The van der Waals surface area contributed by atoms with Gasteiger partial charge < -0.3 is 4.74 Å². The largest absolute Gasteiger partial charge is 0.472 e. The van der Waals surface area contributed by atoms with E-state index in [0.29, 0.717) is 17.6 Å². The summed E-state index contributed by atoms with van der Waals surface area (Å²) >= 11 is 5.54. The molecule has 0 aliphatic heterocycles. The van der Waals surface area contributed by atoms with E-state index in [1.165, 1.54) is 12.4 Å². The van der Waals surface area contributed by atoms with Gasteiger partial charge in [0.05, 0.1) is 12.4 Å². The number of rotatable bonds is 3. The third kappa shape index (κ3) is 2.55. The molecule has 0 fully saturated rings. The Morgan fingerprint density at radius 3 is 3.09 bits per heavy atom. The van der Waals surface area contributed by atoms with Gasteiger partial charge in [-0.2, -0.15) is 4.98 Å². The predicted molar refractivity (Wildman–Crippen MR) is 42.7 cm³/mol. The van der Waals surface area contributed by atoms with Crippen LogP contribution in [0.2, 0.25) is 5.15 Å². The summed E-state index contributed by atoms with van der Waals surface area (Å²) in [5.74, 6) is 0.414. The SMILES string of the molecule is C=CCOc1cncc(Cl)n1. The molecule has 1 heterocycles. The lowest BCUT2D eigenvalue weighted by Crippen LogP contribution is -1.95. The first kappa shape index (κ1) is 8.01. The van der Waals surface area contributed by atoms with Gasteiger partial charge in [-0.25, -0.2) is 0 Å². The zero-order valence-electron chi connectivity index (χ0n) is 5.83. The van der Waals surface area contributed by atoms with Crippen LogP contribution in [0.5, 0.6) is 5.88 Å². The highest BCUT2D eigenvalue weighted by Gasteiger charge is 1.94. The second kappa shape index (κ2) is 3.93. The van der Waals surface area contributed by atoms with E-state index in [-0.39, 0.29) is 0 Å². The molecule has 0 amide bonds. The maximum atomic E-state index is 5.54. The number of halogens is 1. The van der Waals surface area contributed by atoms with Gasteiger partial charge in [0.15, 0.2) is 5.15 Å². The first-order valence-corrected chi connectivity index (χ1v) is 3.42. The average Bonchev–Trinajstić information content (AvgIpc) is 2.01. The van der Waals surface area contributed by atoms with Crippen LogP contribution in [0, 0.1) is 0 Å². The molecule has 0 aliphatic carbocycles. The molecule has 0 aliphatic rings. The highest BCUT2D eigenvalue weighted by atomic mass is 35.5. The van der Waals surface area contributed by atoms with Crippen molar-refractivity contribution in [1.29, 1.82) is 0 Å². The fourth-order valence-corrected chi connectivity index (χ4v) is 0.679. The molecule has 1 aromatic rings. The van der Waals surface area contributed by atoms with Crippen LogP contribution in [0.15, 0.2) is 25.0 Å². The van der Waals surface area contributed by atoms with Crippen LogP contribution in [0.3, 0.4) is 0 Å². The number of ether oxygens (including phenoxy) is 1. The lowest BCUT2D eigenvalue weighted by atomic mass is 10.7. The zero-order valence-corrected chi connectivity index (χ0v) is 6.58. The molecular formula is C7H7ClN2O. The minimum absolute atomic E-state index is 0.326. The molecule has 0 N–H and O–H groups in total. The van der Waals surface area contributed by atoms with Crippen molar-refractivity contribution in [3.63, 3.8) is 0 Å². The average molecular weight is 171 g/mol. The van der Waals surface area contributed by atoms with Crippen LogP contribution in [0.1, 0.15) is 0 Å². The molecular weight excluding hydrogens is 164 g/mol. The van der Waals surface area contributed by atoms with Crippen molar-refractivity contribution in [2.45, 2.75) is 0 Å². The van der Waals surface area contributed by atoms with Gasteiger partial charge in [0.1, 0.15) is 6.61 Å². The van der Waals surface area contributed by atoms with E-state index >= 15 is 0 Å². The molecule has 11 heavy (non-hydrogen) atoms. The van der Waals surface area contributed by atoms with Gasteiger partial charge in [0, 0.05) is 0 Å². The number of nitrogens with zero attached hydrogens (tertiary/aromatic N) is 2. The second-order valence-electron chi connectivity index (χ2n) is 1.78. The van der Waals surface area contributed by atoms with Crippen LogP contribution in [0.25, 0.3) is 0 Å². The van der Waals surface area contributed by atoms with Gasteiger partial charge >= 0.3 is 0 Å². The molecule has 4 heteroatoms. The van der Waals surface area contributed by atoms with Crippen molar-refractivity contribution in [1.82, 2.24) is 9.97 Å². The summed E-state index contributed by atoms with van der Waals surface area (Å²) in [6.07, 6.45) is 4.57. The fraction of sp³-hybridized carbons (Fsp3) is 0.143. The van der Waals surface area contributed by atoms with E-state index in [1.54, 1.807) is 6.08 Å². The molecule has 0 spiro atoms. The summed E-state index contributed by atoms with van der Waals surface area (Å²) in [7, 11) is 0. The summed E-state index contributed by atoms with van der Waals surface area (Å²) in [6.45, 7) is 3.90. The van der Waals surface area contributed by atoms with Gasteiger partial charge in [-0.3, -0.25) is 4.98 Å². The fourth-order valence-electron chi connectivity index (χ4n) is 0.539. The molecule has 0 saturated heterocycles. The van der Waals surface area contributed by atoms with Crippen molar-refractivity contribution >= 4 is 11.6 Å². The van der Waals surface area contributed by atoms with Crippen molar-refractivity contribution in [2.75, 3.05) is 6.61 Å². The molecule has 0 aromatic carbocycles. The summed E-state index contributed by atoms with van der Waals surface area (Å²) in [4.78, 5) is 7.63. The summed E-state index contributed by atoms with van der Waals surface area (Å²) in [5.41, 5.74) is 0. The molecule has 0 bridgehead atoms. The first-order chi connectivity index (χ1) is 5.33. The zero-order chi connectivity index (χ0) is 8.10. The standard InChI is InChI=1S/C7H7ClN2O/c1-2-3-11-7-5-9-4-6(8)10-7/h2,4-5H,1,3H2. The predicted octanol–water partition coefficient (Wildman–Crippen LogP) is 1.69. The Balaban J connectivity index is 2.63. The van der Waals surface area contributed by atoms with Crippen LogP contribution in [-0.2, 0) is 0 Å². The quantitative estimate of drug-likeness (QED) is 0.648. The van der Waals surface area contributed by atoms with E-state index in [1.807, 2.05) is 0 Å². The van der Waals surface area contributed by atoms with E-state index < -0.39 is 0 Å². The van der Waals surface area contributed by atoms with Crippen LogP contribution in [0.4, 0.5) is 0 Å². The van der Waals surface area contributed by atoms with E-state index in [0.717, 1.165) is 0 Å². The Hall–Kier alpha value is -1.09. The summed E-state index contributed by atoms with van der Waals surface area (Å²) in [5, 5.41) is 0.326. The van der Waals surface area contributed by atoms with Crippen LogP contribution in [-0.4, -0.2) is 16.6 Å². The molecule has 0 radical (unpaired) electrons. The van der Waals surface area contributed by atoms with Crippen molar-refractivity contribution in [2.24, 2.45) is 0 Å². The monoisotopic (exact) mass is 170 g/mol. The van der Waals surface area contributed by atoms with Crippen molar-refractivity contribution in [3.05, 3.63) is 30.2 Å². The Bertz CT molecular complexity index is 252.